The second-order valence-electron chi connectivity index (χ2n) is 6.02. The van der Waals surface area contributed by atoms with Gasteiger partial charge in [0, 0.05) is 6.07 Å². The lowest BCUT2D eigenvalue weighted by atomic mass is 10.1. The van der Waals surface area contributed by atoms with Gasteiger partial charge < -0.3 is 9.47 Å². The molecule has 7 nitrogen and oxygen atoms in total. The summed E-state index contributed by atoms with van der Waals surface area (Å²) < 4.78 is 10.5. The Morgan fingerprint density at radius 3 is 2.59 bits per heavy atom. The third kappa shape index (κ3) is 3.02. The molecule has 27 heavy (non-hydrogen) atoms. The van der Waals surface area contributed by atoms with Crippen molar-refractivity contribution in [1.82, 2.24) is 5.32 Å². The molecule has 2 aliphatic heterocycles. The summed E-state index contributed by atoms with van der Waals surface area (Å²) in [6, 6.07) is 9.18. The van der Waals surface area contributed by atoms with Crippen molar-refractivity contribution in [2.45, 2.75) is 6.92 Å². The number of carbonyl (C=O) groups excluding carboxylic acids is 3. The number of urea groups is 1. The highest BCUT2D eigenvalue weighted by atomic mass is 35.5. The molecule has 0 saturated carbocycles. The zero-order valence-corrected chi connectivity index (χ0v) is 14.9. The molecule has 4 amide bonds. The minimum absolute atomic E-state index is 0.0702. The van der Waals surface area contributed by atoms with Crippen molar-refractivity contribution < 1.29 is 23.9 Å². The van der Waals surface area contributed by atoms with Crippen molar-refractivity contribution in [1.29, 1.82) is 0 Å². The Kier molecular flexibility index (Phi) is 4.08. The number of rotatable bonds is 2. The molecule has 0 unspecified atom stereocenters. The summed E-state index contributed by atoms with van der Waals surface area (Å²) in [7, 11) is 0. The normalized spacial score (nSPS) is 17.5. The average molecular weight is 385 g/mol. The highest BCUT2D eigenvalue weighted by Crippen LogP contribution is 2.37. The van der Waals surface area contributed by atoms with E-state index in [0.29, 0.717) is 22.7 Å². The van der Waals surface area contributed by atoms with Gasteiger partial charge in [-0.1, -0.05) is 23.7 Å². The third-order valence-corrected chi connectivity index (χ3v) is 4.48. The number of barbiturate groups is 1. The lowest BCUT2D eigenvalue weighted by molar-refractivity contribution is -0.122. The molecule has 0 radical (unpaired) electrons. The van der Waals surface area contributed by atoms with Crippen molar-refractivity contribution in [3.8, 4) is 11.5 Å². The Balaban J connectivity index is 1.76. The Bertz CT molecular complexity index is 1030. The minimum Gasteiger partial charge on any atom is -0.454 e. The predicted molar refractivity (Wildman–Crippen MR) is 97.8 cm³/mol. The molecule has 0 bridgehead atoms. The Morgan fingerprint density at radius 2 is 1.85 bits per heavy atom. The number of aryl methyl sites for hydroxylation is 1. The van der Waals surface area contributed by atoms with Gasteiger partial charge in [-0.15, -0.1) is 0 Å². The van der Waals surface area contributed by atoms with E-state index < -0.39 is 17.8 Å². The zero-order chi connectivity index (χ0) is 19.1. The minimum atomic E-state index is -0.801. The number of carbonyl (C=O) groups is 3. The number of nitrogens with one attached hydrogen (secondary N) is 1. The first-order chi connectivity index (χ1) is 12.9. The number of anilines is 1. The van der Waals surface area contributed by atoms with Gasteiger partial charge in [0.2, 0.25) is 6.79 Å². The molecule has 1 N–H and O–H groups in total. The molecule has 2 heterocycles. The van der Waals surface area contributed by atoms with E-state index in [1.807, 2.05) is 13.0 Å². The summed E-state index contributed by atoms with van der Waals surface area (Å²) in [6.07, 6.45) is 1.33. The van der Waals surface area contributed by atoms with Crippen LogP contribution in [0.2, 0.25) is 5.02 Å². The van der Waals surface area contributed by atoms with Gasteiger partial charge in [-0.05, 0) is 42.3 Å². The maximum Gasteiger partial charge on any atom is 0.335 e. The standard InChI is InChI=1S/C19H13ClN2O5/c1-10-3-2-4-12(5-10)22-18(24)13(17(23)21-19(22)25)6-11-7-15-16(8-14(11)20)27-9-26-15/h2-8H,9H2,1H3,(H,21,23,25)/b13-6-. The number of halogens is 1. The molecule has 4 rings (SSSR count). The van der Waals surface area contributed by atoms with Crippen LogP contribution < -0.4 is 19.7 Å². The van der Waals surface area contributed by atoms with Crippen LogP contribution in [0.4, 0.5) is 10.5 Å². The number of nitrogens with zero attached hydrogens (tertiary/aromatic N) is 1. The van der Waals surface area contributed by atoms with E-state index in [-0.39, 0.29) is 17.4 Å². The molecule has 1 fully saturated rings. The van der Waals surface area contributed by atoms with Crippen molar-refractivity contribution in [2.24, 2.45) is 0 Å². The van der Waals surface area contributed by atoms with Crippen LogP contribution in [-0.4, -0.2) is 24.6 Å². The highest BCUT2D eigenvalue weighted by molar-refractivity contribution is 6.40. The van der Waals surface area contributed by atoms with Gasteiger partial charge in [0.05, 0.1) is 10.7 Å². The summed E-state index contributed by atoms with van der Waals surface area (Å²) in [5.41, 5.74) is 1.43. The van der Waals surface area contributed by atoms with Crippen LogP contribution in [-0.2, 0) is 9.59 Å². The van der Waals surface area contributed by atoms with Crippen LogP contribution in [0.5, 0.6) is 11.5 Å². The molecular formula is C19H13ClN2O5. The van der Waals surface area contributed by atoms with Crippen LogP contribution >= 0.6 is 11.6 Å². The Labute approximate surface area is 159 Å². The molecule has 0 atom stereocenters. The van der Waals surface area contributed by atoms with Crippen LogP contribution in [0.3, 0.4) is 0 Å². The summed E-state index contributed by atoms with van der Waals surface area (Å²) in [6.45, 7) is 1.91. The van der Waals surface area contributed by atoms with E-state index in [4.69, 9.17) is 21.1 Å². The number of fused-ring (bicyclic) bond motifs is 1. The second kappa shape index (κ2) is 6.44. The Hall–Kier alpha value is -3.32. The van der Waals surface area contributed by atoms with E-state index in [1.54, 1.807) is 30.3 Å². The average Bonchev–Trinajstić information content (AvgIpc) is 3.05. The van der Waals surface area contributed by atoms with Crippen LogP contribution in [0.15, 0.2) is 42.0 Å². The molecule has 0 aromatic heterocycles. The molecule has 2 aliphatic rings. The van der Waals surface area contributed by atoms with Gasteiger partial charge in [0.15, 0.2) is 11.5 Å². The summed E-state index contributed by atoms with van der Waals surface area (Å²) in [4.78, 5) is 38.3. The van der Waals surface area contributed by atoms with Crippen LogP contribution in [0.25, 0.3) is 6.08 Å². The van der Waals surface area contributed by atoms with Crippen molar-refractivity contribution in [2.75, 3.05) is 11.7 Å². The summed E-state index contributed by atoms with van der Waals surface area (Å²) in [5, 5.41) is 2.46. The molecule has 136 valence electrons. The van der Waals surface area contributed by atoms with Crippen molar-refractivity contribution in [3.63, 3.8) is 0 Å². The van der Waals surface area contributed by atoms with Crippen LogP contribution in [0.1, 0.15) is 11.1 Å². The third-order valence-electron chi connectivity index (χ3n) is 4.15. The van der Waals surface area contributed by atoms with Gasteiger partial charge in [0.1, 0.15) is 5.57 Å². The number of hydrogen-bond donors (Lipinski definition) is 1. The summed E-state index contributed by atoms with van der Waals surface area (Å²) in [5.74, 6) is -0.578. The first-order valence-electron chi connectivity index (χ1n) is 8.01. The second-order valence-corrected chi connectivity index (χ2v) is 6.43. The number of amides is 4. The number of benzene rings is 2. The van der Waals surface area contributed by atoms with E-state index >= 15 is 0 Å². The predicted octanol–water partition coefficient (Wildman–Crippen LogP) is 3.04. The topological polar surface area (TPSA) is 84.9 Å². The van der Waals surface area contributed by atoms with Gasteiger partial charge in [0.25, 0.3) is 11.8 Å². The molecule has 2 aromatic carbocycles. The molecule has 2 aromatic rings. The molecule has 0 aliphatic carbocycles. The van der Waals surface area contributed by atoms with Crippen molar-refractivity contribution in [3.05, 3.63) is 58.1 Å². The fraction of sp³-hybridized carbons (Fsp3) is 0.105. The van der Waals surface area contributed by atoms with Gasteiger partial charge >= 0.3 is 6.03 Å². The number of hydrogen-bond acceptors (Lipinski definition) is 5. The largest absolute Gasteiger partial charge is 0.454 e. The smallest absolute Gasteiger partial charge is 0.335 e. The van der Waals surface area contributed by atoms with Crippen molar-refractivity contribution >= 4 is 41.2 Å². The number of ether oxygens (including phenoxy) is 2. The highest BCUT2D eigenvalue weighted by Gasteiger charge is 2.37. The van der Waals surface area contributed by atoms with E-state index in [9.17, 15) is 14.4 Å². The van der Waals surface area contributed by atoms with Gasteiger partial charge in [-0.3, -0.25) is 14.9 Å². The lowest BCUT2D eigenvalue weighted by Gasteiger charge is -2.26. The Morgan fingerprint density at radius 1 is 1.11 bits per heavy atom. The van der Waals surface area contributed by atoms with Gasteiger partial charge in [-0.2, -0.15) is 0 Å². The SMILES string of the molecule is Cc1cccc(N2C(=O)NC(=O)/C(=C/c3cc4c(cc3Cl)OCO4)C2=O)c1. The van der Waals surface area contributed by atoms with E-state index in [0.717, 1.165) is 10.5 Å². The fourth-order valence-corrected chi connectivity index (χ4v) is 3.07. The van der Waals surface area contributed by atoms with Gasteiger partial charge in [-0.25, -0.2) is 9.69 Å². The lowest BCUT2D eigenvalue weighted by Crippen LogP contribution is -2.54. The quantitative estimate of drug-likeness (QED) is 0.635. The first-order valence-corrected chi connectivity index (χ1v) is 8.39. The number of imide groups is 2. The maximum atomic E-state index is 12.9. The zero-order valence-electron chi connectivity index (χ0n) is 14.1. The molecule has 8 heteroatoms. The maximum absolute atomic E-state index is 12.9. The monoisotopic (exact) mass is 384 g/mol. The van der Waals surface area contributed by atoms with E-state index in [2.05, 4.69) is 5.32 Å². The molecule has 1 saturated heterocycles. The fourth-order valence-electron chi connectivity index (χ4n) is 2.86. The molecule has 0 spiro atoms. The van der Waals surface area contributed by atoms with E-state index in [1.165, 1.54) is 6.08 Å². The van der Waals surface area contributed by atoms with Crippen LogP contribution in [0, 0.1) is 6.92 Å². The first kappa shape index (κ1) is 17.1. The molecular weight excluding hydrogens is 372 g/mol. The summed E-state index contributed by atoms with van der Waals surface area (Å²) >= 11 is 6.22.